The fraction of sp³-hybridized carbons (Fsp3) is 0.412. The molecule has 3 nitrogen and oxygen atoms in total. The molecule has 1 aromatic heterocycles. The number of benzene rings is 1. The van der Waals surface area contributed by atoms with Gasteiger partial charge >= 0.3 is 0 Å². The molecule has 3 heteroatoms. The maximum Gasteiger partial charge on any atom is 0.149 e. The fourth-order valence-corrected chi connectivity index (χ4v) is 2.52. The molecule has 0 saturated heterocycles. The third kappa shape index (κ3) is 2.12. The van der Waals surface area contributed by atoms with Gasteiger partial charge in [0.05, 0.1) is 11.2 Å². The van der Waals surface area contributed by atoms with Gasteiger partial charge in [0.2, 0.25) is 0 Å². The summed E-state index contributed by atoms with van der Waals surface area (Å²) in [5, 5.41) is 0. The predicted molar refractivity (Wildman–Crippen MR) is 81.5 cm³/mol. The topological polar surface area (TPSA) is 51.8 Å². The zero-order chi connectivity index (χ0) is 14.5. The first-order chi connectivity index (χ1) is 9.40. The van der Waals surface area contributed by atoms with Gasteiger partial charge in [-0.15, -0.1) is 0 Å². The number of nitrogens with two attached hydrogens (primary N) is 1. The summed E-state index contributed by atoms with van der Waals surface area (Å²) in [4.78, 5) is 9.26. The number of nitrogens with zero attached hydrogens (tertiary/aromatic N) is 2. The zero-order valence-corrected chi connectivity index (χ0v) is 12.6. The van der Waals surface area contributed by atoms with Crippen molar-refractivity contribution >= 4 is 0 Å². The van der Waals surface area contributed by atoms with E-state index in [1.807, 2.05) is 13.0 Å². The Morgan fingerprint density at radius 3 is 2.35 bits per heavy atom. The third-order valence-corrected chi connectivity index (χ3v) is 4.42. The van der Waals surface area contributed by atoms with Crippen molar-refractivity contribution in [1.29, 1.82) is 0 Å². The molecule has 0 amide bonds. The SMILES string of the molecule is Cc1cc(-c2ccc(C)c(C)c2C)nc(C2(N)CC2)n1. The Hall–Kier alpha value is -1.74. The second-order valence-electron chi connectivity index (χ2n) is 6.05. The lowest BCUT2D eigenvalue weighted by Gasteiger charge is -2.14. The summed E-state index contributed by atoms with van der Waals surface area (Å²) < 4.78 is 0. The van der Waals surface area contributed by atoms with Gasteiger partial charge in [0.25, 0.3) is 0 Å². The molecule has 1 aliphatic carbocycles. The molecule has 20 heavy (non-hydrogen) atoms. The quantitative estimate of drug-likeness (QED) is 0.908. The molecule has 1 fully saturated rings. The predicted octanol–water partition coefficient (Wildman–Crippen LogP) is 3.33. The van der Waals surface area contributed by atoms with E-state index in [1.54, 1.807) is 0 Å². The third-order valence-electron chi connectivity index (χ3n) is 4.42. The Balaban J connectivity index is 2.15. The summed E-state index contributed by atoms with van der Waals surface area (Å²) in [6.45, 7) is 8.47. The maximum atomic E-state index is 6.25. The van der Waals surface area contributed by atoms with Crippen LogP contribution in [0.2, 0.25) is 0 Å². The molecule has 2 aromatic rings. The van der Waals surface area contributed by atoms with Crippen molar-refractivity contribution in [2.45, 2.75) is 46.1 Å². The molecule has 0 radical (unpaired) electrons. The highest BCUT2D eigenvalue weighted by Gasteiger charge is 2.43. The highest BCUT2D eigenvalue weighted by Crippen LogP contribution is 2.41. The van der Waals surface area contributed by atoms with E-state index in [0.717, 1.165) is 30.1 Å². The Morgan fingerprint density at radius 1 is 1.00 bits per heavy atom. The minimum atomic E-state index is -0.283. The fourth-order valence-electron chi connectivity index (χ4n) is 2.52. The molecule has 1 saturated carbocycles. The molecule has 0 bridgehead atoms. The monoisotopic (exact) mass is 267 g/mol. The van der Waals surface area contributed by atoms with Crippen LogP contribution in [-0.2, 0) is 5.54 Å². The average Bonchev–Trinajstić information content (AvgIpc) is 3.15. The lowest BCUT2D eigenvalue weighted by atomic mass is 9.96. The lowest BCUT2D eigenvalue weighted by molar-refractivity contribution is 0.669. The van der Waals surface area contributed by atoms with Crippen molar-refractivity contribution in [3.8, 4) is 11.3 Å². The number of hydrogen-bond donors (Lipinski definition) is 1. The van der Waals surface area contributed by atoms with Gasteiger partial charge in [-0.2, -0.15) is 0 Å². The van der Waals surface area contributed by atoms with Gasteiger partial charge in [0.15, 0.2) is 0 Å². The van der Waals surface area contributed by atoms with Crippen LogP contribution in [-0.4, -0.2) is 9.97 Å². The van der Waals surface area contributed by atoms with Crippen molar-refractivity contribution in [3.63, 3.8) is 0 Å². The van der Waals surface area contributed by atoms with Gasteiger partial charge in [-0.3, -0.25) is 0 Å². The van der Waals surface area contributed by atoms with Crippen LogP contribution in [0.5, 0.6) is 0 Å². The molecule has 104 valence electrons. The van der Waals surface area contributed by atoms with Gasteiger partial charge in [0, 0.05) is 11.3 Å². The number of hydrogen-bond acceptors (Lipinski definition) is 3. The van der Waals surface area contributed by atoms with Crippen molar-refractivity contribution in [3.05, 3.63) is 46.4 Å². The van der Waals surface area contributed by atoms with Gasteiger partial charge in [-0.05, 0) is 63.3 Å². The Labute approximate surface area is 120 Å². The highest BCUT2D eigenvalue weighted by atomic mass is 15.0. The van der Waals surface area contributed by atoms with Crippen molar-refractivity contribution < 1.29 is 0 Å². The summed E-state index contributed by atoms with van der Waals surface area (Å²) in [7, 11) is 0. The van der Waals surface area contributed by atoms with Gasteiger partial charge in [0.1, 0.15) is 5.82 Å². The normalized spacial score (nSPS) is 16.2. The van der Waals surface area contributed by atoms with Crippen LogP contribution in [0.4, 0.5) is 0 Å². The summed E-state index contributed by atoms with van der Waals surface area (Å²) in [6, 6.07) is 6.36. The Kier molecular flexibility index (Phi) is 2.91. The van der Waals surface area contributed by atoms with Gasteiger partial charge in [-0.25, -0.2) is 9.97 Å². The maximum absolute atomic E-state index is 6.25. The van der Waals surface area contributed by atoms with Crippen LogP contribution in [0.3, 0.4) is 0 Å². The smallest absolute Gasteiger partial charge is 0.149 e. The zero-order valence-electron chi connectivity index (χ0n) is 12.6. The van der Waals surface area contributed by atoms with Crippen LogP contribution in [0, 0.1) is 27.7 Å². The number of aromatic nitrogens is 2. The largest absolute Gasteiger partial charge is 0.319 e. The van der Waals surface area contributed by atoms with Crippen LogP contribution >= 0.6 is 0 Å². The highest BCUT2D eigenvalue weighted by molar-refractivity contribution is 5.66. The second kappa shape index (κ2) is 4.38. The van der Waals surface area contributed by atoms with E-state index in [2.05, 4.69) is 37.9 Å². The molecule has 0 unspecified atom stereocenters. The summed E-state index contributed by atoms with van der Waals surface area (Å²) >= 11 is 0. The van der Waals surface area contributed by atoms with E-state index >= 15 is 0 Å². The molecule has 1 aliphatic rings. The first kappa shape index (κ1) is 13.3. The van der Waals surface area contributed by atoms with E-state index in [4.69, 9.17) is 10.7 Å². The molecule has 0 atom stereocenters. The molecule has 3 rings (SSSR count). The average molecular weight is 267 g/mol. The summed E-state index contributed by atoms with van der Waals surface area (Å²) in [6.07, 6.45) is 1.98. The molecule has 0 aliphatic heterocycles. The van der Waals surface area contributed by atoms with Crippen LogP contribution < -0.4 is 5.73 Å². The van der Waals surface area contributed by atoms with E-state index in [-0.39, 0.29) is 5.54 Å². The van der Waals surface area contributed by atoms with Gasteiger partial charge in [-0.1, -0.05) is 12.1 Å². The van der Waals surface area contributed by atoms with Crippen molar-refractivity contribution in [1.82, 2.24) is 9.97 Å². The Morgan fingerprint density at radius 2 is 1.70 bits per heavy atom. The van der Waals surface area contributed by atoms with Crippen molar-refractivity contribution in [2.24, 2.45) is 5.73 Å². The van der Waals surface area contributed by atoms with E-state index in [1.165, 1.54) is 22.3 Å². The lowest BCUT2D eigenvalue weighted by Crippen LogP contribution is -2.22. The summed E-state index contributed by atoms with van der Waals surface area (Å²) in [5.41, 5.74) is 13.1. The molecule has 1 aromatic carbocycles. The molecule has 1 heterocycles. The summed E-state index contributed by atoms with van der Waals surface area (Å²) in [5.74, 6) is 0.796. The second-order valence-corrected chi connectivity index (χ2v) is 6.05. The Bertz CT molecular complexity index is 685. The van der Waals surface area contributed by atoms with Gasteiger partial charge < -0.3 is 5.73 Å². The minimum Gasteiger partial charge on any atom is -0.319 e. The van der Waals surface area contributed by atoms with E-state index < -0.39 is 0 Å². The minimum absolute atomic E-state index is 0.283. The molecular formula is C17H21N3. The van der Waals surface area contributed by atoms with E-state index in [0.29, 0.717) is 0 Å². The van der Waals surface area contributed by atoms with Crippen LogP contribution in [0.1, 0.15) is 41.1 Å². The molecular weight excluding hydrogens is 246 g/mol. The standard InChI is InChI=1S/C17H21N3/c1-10-5-6-14(13(4)12(10)3)15-9-11(2)19-16(20-15)17(18)7-8-17/h5-6,9H,7-8,18H2,1-4H3. The first-order valence-corrected chi connectivity index (χ1v) is 7.13. The van der Waals surface area contributed by atoms with Crippen LogP contribution in [0.25, 0.3) is 11.3 Å². The number of rotatable bonds is 2. The van der Waals surface area contributed by atoms with E-state index in [9.17, 15) is 0 Å². The van der Waals surface area contributed by atoms with Crippen molar-refractivity contribution in [2.75, 3.05) is 0 Å². The molecule has 0 spiro atoms. The number of aryl methyl sites for hydroxylation is 2. The molecule has 2 N–H and O–H groups in total. The van der Waals surface area contributed by atoms with Crippen LogP contribution in [0.15, 0.2) is 18.2 Å². The first-order valence-electron chi connectivity index (χ1n) is 7.13.